The minimum Gasteiger partial charge on any atom is -0.363 e. The Hall–Kier alpha value is -2.40. The molecule has 0 aliphatic carbocycles. The van der Waals surface area contributed by atoms with Crippen LogP contribution >= 0.6 is 15.9 Å². The third-order valence-corrected chi connectivity index (χ3v) is 4.60. The number of aromatic nitrogens is 2. The lowest BCUT2D eigenvalue weighted by atomic mass is 10.1. The molecule has 4 rings (SSSR count). The zero-order valence-electron chi connectivity index (χ0n) is 13.0. The van der Waals surface area contributed by atoms with Crippen LogP contribution in [0, 0.1) is 0 Å². The van der Waals surface area contributed by atoms with Gasteiger partial charge in [0.05, 0.1) is 0 Å². The largest absolute Gasteiger partial charge is 0.363 e. The molecule has 0 saturated carbocycles. The number of aliphatic imine (C=N–C) groups is 1. The highest BCUT2D eigenvalue weighted by atomic mass is 79.9. The summed E-state index contributed by atoms with van der Waals surface area (Å²) in [5.74, 6) is 0. The Bertz CT molecular complexity index is 912. The third-order valence-electron chi connectivity index (χ3n) is 4.17. The van der Waals surface area contributed by atoms with Crippen molar-refractivity contribution in [2.45, 2.75) is 19.0 Å². The van der Waals surface area contributed by atoms with Crippen LogP contribution in [0.5, 0.6) is 0 Å². The molecule has 1 aliphatic heterocycles. The lowest BCUT2D eigenvalue weighted by Gasteiger charge is -2.21. The topological polar surface area (TPSA) is 53.1 Å². The number of aryl methyl sites for hydroxylation is 1. The van der Waals surface area contributed by atoms with Gasteiger partial charge in [-0.1, -0.05) is 30.3 Å². The van der Waals surface area contributed by atoms with Crippen LogP contribution in [0.2, 0.25) is 0 Å². The molecule has 0 saturated heterocycles. The van der Waals surface area contributed by atoms with Gasteiger partial charge in [-0.2, -0.15) is 0 Å². The fourth-order valence-corrected chi connectivity index (χ4v) is 3.28. The number of hydrogen-bond donors (Lipinski definition) is 2. The standard InChI is InChI=1S/C19H17BrN4/c20-14-10-15-16(12-23-19(15)22-11-14)17-8-9-21-18(24-17)7-6-13-4-2-1-3-5-13/h1-5,8-12,18,24H,6-7H2,(H,22,23). The summed E-state index contributed by atoms with van der Waals surface area (Å²) >= 11 is 3.50. The van der Waals surface area contributed by atoms with E-state index < -0.39 is 0 Å². The second-order valence-electron chi connectivity index (χ2n) is 5.81. The van der Waals surface area contributed by atoms with Crippen LogP contribution in [0.15, 0.2) is 64.3 Å². The third kappa shape index (κ3) is 3.12. The van der Waals surface area contributed by atoms with Crippen molar-refractivity contribution < 1.29 is 0 Å². The number of H-pyrrole nitrogens is 1. The minimum atomic E-state index is 0.0928. The summed E-state index contributed by atoms with van der Waals surface area (Å²) in [4.78, 5) is 12.2. The van der Waals surface area contributed by atoms with E-state index >= 15 is 0 Å². The monoisotopic (exact) mass is 380 g/mol. The molecule has 2 N–H and O–H groups in total. The summed E-state index contributed by atoms with van der Waals surface area (Å²) < 4.78 is 0.974. The fourth-order valence-electron chi connectivity index (χ4n) is 2.95. The van der Waals surface area contributed by atoms with Gasteiger partial charge in [-0.05, 0) is 46.5 Å². The fraction of sp³-hybridized carbons (Fsp3) is 0.158. The van der Waals surface area contributed by atoms with Crippen molar-refractivity contribution in [2.24, 2.45) is 4.99 Å². The van der Waals surface area contributed by atoms with E-state index in [2.05, 4.69) is 66.5 Å². The van der Waals surface area contributed by atoms with Gasteiger partial charge in [0, 0.05) is 39.7 Å². The van der Waals surface area contributed by atoms with Crippen LogP contribution in [0.3, 0.4) is 0 Å². The van der Waals surface area contributed by atoms with Gasteiger partial charge < -0.3 is 10.3 Å². The maximum atomic E-state index is 4.55. The van der Waals surface area contributed by atoms with Crippen LogP contribution in [-0.4, -0.2) is 22.3 Å². The predicted molar refractivity (Wildman–Crippen MR) is 102 cm³/mol. The van der Waals surface area contributed by atoms with E-state index in [4.69, 9.17) is 0 Å². The van der Waals surface area contributed by atoms with Crippen LogP contribution in [0.25, 0.3) is 16.7 Å². The number of hydrogen-bond acceptors (Lipinski definition) is 3. The van der Waals surface area contributed by atoms with Crippen molar-refractivity contribution in [1.82, 2.24) is 15.3 Å². The lowest BCUT2D eigenvalue weighted by molar-refractivity contribution is 0.573. The molecule has 4 nitrogen and oxygen atoms in total. The summed E-state index contributed by atoms with van der Waals surface area (Å²) in [7, 11) is 0. The Morgan fingerprint density at radius 2 is 2.04 bits per heavy atom. The minimum absolute atomic E-state index is 0.0928. The highest BCUT2D eigenvalue weighted by Crippen LogP contribution is 2.26. The highest BCUT2D eigenvalue weighted by Gasteiger charge is 2.16. The van der Waals surface area contributed by atoms with E-state index in [1.165, 1.54) is 5.56 Å². The van der Waals surface area contributed by atoms with Crippen LogP contribution in [-0.2, 0) is 6.42 Å². The van der Waals surface area contributed by atoms with E-state index in [-0.39, 0.29) is 6.17 Å². The van der Waals surface area contributed by atoms with Gasteiger partial charge in [-0.3, -0.25) is 4.99 Å². The Morgan fingerprint density at radius 3 is 2.92 bits per heavy atom. The van der Waals surface area contributed by atoms with Crippen molar-refractivity contribution in [3.8, 4) is 0 Å². The van der Waals surface area contributed by atoms with Gasteiger partial charge >= 0.3 is 0 Å². The van der Waals surface area contributed by atoms with E-state index in [0.29, 0.717) is 0 Å². The lowest BCUT2D eigenvalue weighted by Crippen LogP contribution is -2.29. The number of nitrogens with zero attached hydrogens (tertiary/aromatic N) is 2. The summed E-state index contributed by atoms with van der Waals surface area (Å²) in [6.45, 7) is 0. The number of aromatic amines is 1. The number of nitrogens with one attached hydrogen (secondary N) is 2. The van der Waals surface area contributed by atoms with Gasteiger partial charge in [0.25, 0.3) is 0 Å². The molecule has 0 amide bonds. The highest BCUT2D eigenvalue weighted by molar-refractivity contribution is 9.10. The molecule has 120 valence electrons. The van der Waals surface area contributed by atoms with Crippen molar-refractivity contribution >= 4 is 38.9 Å². The molecule has 24 heavy (non-hydrogen) atoms. The molecule has 5 heteroatoms. The molecular formula is C19H17BrN4. The van der Waals surface area contributed by atoms with Crippen molar-refractivity contribution in [2.75, 3.05) is 0 Å². The molecule has 0 radical (unpaired) electrons. The molecule has 1 aliphatic rings. The van der Waals surface area contributed by atoms with E-state index in [9.17, 15) is 0 Å². The second-order valence-corrected chi connectivity index (χ2v) is 6.73. The molecule has 1 atom stereocenters. The van der Waals surface area contributed by atoms with Gasteiger partial charge in [0.15, 0.2) is 0 Å². The molecule has 0 fully saturated rings. The van der Waals surface area contributed by atoms with E-state index in [0.717, 1.165) is 39.6 Å². The number of allylic oxidation sites excluding steroid dienone is 1. The summed E-state index contributed by atoms with van der Waals surface area (Å²) in [5, 5.41) is 4.64. The van der Waals surface area contributed by atoms with Gasteiger partial charge in [0.1, 0.15) is 11.8 Å². The molecule has 1 unspecified atom stereocenters. The maximum Gasteiger partial charge on any atom is 0.137 e. The predicted octanol–water partition coefficient (Wildman–Crippen LogP) is 4.30. The normalized spacial score (nSPS) is 16.9. The molecule has 3 heterocycles. The zero-order chi connectivity index (χ0) is 16.4. The first-order chi connectivity index (χ1) is 11.8. The van der Waals surface area contributed by atoms with E-state index in [1.807, 2.05) is 24.6 Å². The smallest absolute Gasteiger partial charge is 0.137 e. The number of rotatable bonds is 4. The Morgan fingerprint density at radius 1 is 1.17 bits per heavy atom. The summed E-state index contributed by atoms with van der Waals surface area (Å²) in [5.41, 5.74) is 4.42. The maximum absolute atomic E-state index is 4.55. The molecule has 3 aromatic rings. The molecule has 2 aromatic heterocycles. The van der Waals surface area contributed by atoms with Gasteiger partial charge in [0.2, 0.25) is 0 Å². The van der Waals surface area contributed by atoms with Crippen LogP contribution in [0.1, 0.15) is 17.5 Å². The molecule has 0 bridgehead atoms. The number of fused-ring (bicyclic) bond motifs is 1. The molecule has 0 spiro atoms. The summed E-state index contributed by atoms with van der Waals surface area (Å²) in [6, 6.07) is 12.6. The Kier molecular flexibility index (Phi) is 4.17. The number of halogens is 1. The Labute approximate surface area is 148 Å². The first-order valence-corrected chi connectivity index (χ1v) is 8.76. The van der Waals surface area contributed by atoms with Crippen molar-refractivity contribution in [1.29, 1.82) is 0 Å². The average Bonchev–Trinajstić information content (AvgIpc) is 3.04. The Balaban J connectivity index is 1.51. The van der Waals surface area contributed by atoms with Crippen LogP contribution < -0.4 is 5.32 Å². The quantitative estimate of drug-likeness (QED) is 0.708. The first kappa shape index (κ1) is 15.1. The van der Waals surface area contributed by atoms with E-state index in [1.54, 1.807) is 6.20 Å². The zero-order valence-corrected chi connectivity index (χ0v) is 14.6. The SMILES string of the molecule is Brc1cnc2[nH]cc(C3=CC=NC(CCc4ccccc4)N3)c2c1. The van der Waals surface area contributed by atoms with Crippen molar-refractivity contribution in [3.05, 3.63) is 70.5 Å². The number of benzene rings is 1. The number of pyridine rings is 1. The molecule has 1 aromatic carbocycles. The van der Waals surface area contributed by atoms with Crippen molar-refractivity contribution in [3.63, 3.8) is 0 Å². The average molecular weight is 381 g/mol. The first-order valence-electron chi connectivity index (χ1n) is 7.96. The second kappa shape index (κ2) is 6.61. The van der Waals surface area contributed by atoms with Gasteiger partial charge in [-0.25, -0.2) is 4.98 Å². The van der Waals surface area contributed by atoms with Gasteiger partial charge in [-0.15, -0.1) is 0 Å². The van der Waals surface area contributed by atoms with Crippen LogP contribution in [0.4, 0.5) is 0 Å². The summed E-state index contributed by atoms with van der Waals surface area (Å²) in [6.07, 6.45) is 9.77. The molecular weight excluding hydrogens is 364 g/mol.